The molecule has 0 aliphatic rings. The molecule has 0 aliphatic carbocycles. The van der Waals surface area contributed by atoms with Crippen molar-refractivity contribution in [3.8, 4) is 17.2 Å². The third kappa shape index (κ3) is 2.06. The zero-order chi connectivity index (χ0) is 11.5. The number of nitrogens with zero attached hydrogens (tertiary/aromatic N) is 2. The van der Waals surface area contributed by atoms with Gasteiger partial charge in [0.15, 0.2) is 0 Å². The summed E-state index contributed by atoms with van der Waals surface area (Å²) in [6, 6.07) is 11.7. The summed E-state index contributed by atoms with van der Waals surface area (Å²) in [5.74, 6) is -0.268. The van der Waals surface area contributed by atoms with Gasteiger partial charge in [0.1, 0.15) is 17.6 Å². The van der Waals surface area contributed by atoms with Crippen molar-refractivity contribution in [1.82, 2.24) is 4.98 Å². The minimum absolute atomic E-state index is 0.268. The van der Waals surface area contributed by atoms with Crippen molar-refractivity contribution in [3.05, 3.63) is 53.6 Å². The van der Waals surface area contributed by atoms with Crippen LogP contribution in [0.3, 0.4) is 0 Å². The van der Waals surface area contributed by atoms with Crippen molar-refractivity contribution >= 4 is 0 Å². The Morgan fingerprint density at radius 3 is 2.44 bits per heavy atom. The zero-order valence-electron chi connectivity index (χ0n) is 8.74. The van der Waals surface area contributed by atoms with Gasteiger partial charge in [0, 0.05) is 5.69 Å². The summed E-state index contributed by atoms with van der Waals surface area (Å²) >= 11 is 0. The molecular weight excluding hydrogens is 203 g/mol. The van der Waals surface area contributed by atoms with Crippen molar-refractivity contribution in [2.75, 3.05) is 0 Å². The number of pyridine rings is 1. The summed E-state index contributed by atoms with van der Waals surface area (Å²) in [4.78, 5) is 4.06. The van der Waals surface area contributed by atoms with Gasteiger partial charge in [0.25, 0.3) is 0 Å². The molecule has 0 spiro atoms. The molecule has 0 atom stereocenters. The van der Waals surface area contributed by atoms with Crippen LogP contribution in [0, 0.1) is 24.1 Å². The lowest BCUT2D eigenvalue weighted by Crippen LogP contribution is -1.89. The molecular formula is C13H9FN2. The topological polar surface area (TPSA) is 36.7 Å². The van der Waals surface area contributed by atoms with Crippen molar-refractivity contribution in [3.63, 3.8) is 0 Å². The number of benzene rings is 1. The normalized spacial score (nSPS) is 9.81. The maximum absolute atomic E-state index is 12.8. The minimum Gasteiger partial charge on any atom is -0.242 e. The lowest BCUT2D eigenvalue weighted by atomic mass is 10.1. The lowest BCUT2D eigenvalue weighted by molar-refractivity contribution is 0.628. The number of nitriles is 1. The molecule has 2 rings (SSSR count). The predicted molar refractivity (Wildman–Crippen MR) is 59.1 cm³/mol. The molecule has 2 nitrogen and oxygen atoms in total. The van der Waals surface area contributed by atoms with Crippen LogP contribution in [0.25, 0.3) is 11.1 Å². The Balaban J connectivity index is 2.52. The third-order valence-electron chi connectivity index (χ3n) is 2.25. The molecule has 0 fully saturated rings. The summed E-state index contributed by atoms with van der Waals surface area (Å²) in [5.41, 5.74) is 2.91. The molecule has 0 bridgehead atoms. The highest BCUT2D eigenvalue weighted by Crippen LogP contribution is 2.20. The van der Waals surface area contributed by atoms with Gasteiger partial charge in [-0.2, -0.15) is 5.26 Å². The van der Waals surface area contributed by atoms with Gasteiger partial charge in [-0.1, -0.05) is 12.1 Å². The fraction of sp³-hybridized carbons (Fsp3) is 0.0769. The number of hydrogen-bond acceptors (Lipinski definition) is 2. The zero-order valence-corrected chi connectivity index (χ0v) is 8.74. The van der Waals surface area contributed by atoms with Crippen molar-refractivity contribution in [2.45, 2.75) is 6.92 Å². The third-order valence-corrected chi connectivity index (χ3v) is 2.25. The molecule has 78 valence electrons. The van der Waals surface area contributed by atoms with Crippen LogP contribution in [0.4, 0.5) is 4.39 Å². The van der Waals surface area contributed by atoms with Crippen LogP contribution in [-0.4, -0.2) is 4.98 Å². The molecule has 1 aromatic heterocycles. The molecule has 0 aliphatic heterocycles. The summed E-state index contributed by atoms with van der Waals surface area (Å²) in [5, 5.41) is 8.81. The number of hydrogen-bond donors (Lipinski definition) is 0. The summed E-state index contributed by atoms with van der Waals surface area (Å²) in [6.45, 7) is 1.83. The van der Waals surface area contributed by atoms with Gasteiger partial charge in [-0.25, -0.2) is 9.37 Å². The van der Waals surface area contributed by atoms with Crippen LogP contribution in [0.1, 0.15) is 11.4 Å². The number of aromatic nitrogens is 1. The Morgan fingerprint density at radius 1 is 1.12 bits per heavy atom. The minimum atomic E-state index is -0.268. The first-order valence-electron chi connectivity index (χ1n) is 4.84. The van der Waals surface area contributed by atoms with E-state index in [1.165, 1.54) is 12.1 Å². The smallest absolute Gasteiger partial charge is 0.141 e. The van der Waals surface area contributed by atoms with Gasteiger partial charge < -0.3 is 0 Å². The van der Waals surface area contributed by atoms with E-state index in [4.69, 9.17) is 5.26 Å². The molecule has 0 unspecified atom stereocenters. The van der Waals surface area contributed by atoms with E-state index < -0.39 is 0 Å². The van der Waals surface area contributed by atoms with Crippen LogP contribution >= 0.6 is 0 Å². The predicted octanol–water partition coefficient (Wildman–Crippen LogP) is 3.07. The van der Waals surface area contributed by atoms with Crippen LogP contribution in [0.5, 0.6) is 0 Å². The molecule has 0 N–H and O–H groups in total. The highest BCUT2D eigenvalue weighted by Gasteiger charge is 2.02. The first-order valence-corrected chi connectivity index (χ1v) is 4.84. The standard InChI is InChI=1S/C13H9FN2/c1-9-6-11(7-13(8-15)16-9)10-2-4-12(14)5-3-10/h2-7H,1H3. The molecule has 16 heavy (non-hydrogen) atoms. The van der Waals surface area contributed by atoms with Crippen LogP contribution in [-0.2, 0) is 0 Å². The van der Waals surface area contributed by atoms with Gasteiger partial charge in [-0.05, 0) is 42.3 Å². The average molecular weight is 212 g/mol. The van der Waals surface area contributed by atoms with Gasteiger partial charge in [-0.3, -0.25) is 0 Å². The first-order chi connectivity index (χ1) is 7.69. The van der Waals surface area contributed by atoms with E-state index >= 15 is 0 Å². The summed E-state index contributed by atoms with van der Waals surface area (Å²) in [6.07, 6.45) is 0. The summed E-state index contributed by atoms with van der Waals surface area (Å²) < 4.78 is 12.8. The Hall–Kier alpha value is -2.21. The van der Waals surface area contributed by atoms with Crippen LogP contribution in [0.15, 0.2) is 36.4 Å². The van der Waals surface area contributed by atoms with E-state index in [1.54, 1.807) is 18.2 Å². The summed E-state index contributed by atoms with van der Waals surface area (Å²) in [7, 11) is 0. The first kappa shape index (κ1) is 10.3. The van der Waals surface area contributed by atoms with E-state index in [0.29, 0.717) is 5.69 Å². The number of halogens is 1. The van der Waals surface area contributed by atoms with E-state index in [0.717, 1.165) is 16.8 Å². The average Bonchev–Trinajstić information content (AvgIpc) is 2.29. The van der Waals surface area contributed by atoms with Gasteiger partial charge in [-0.15, -0.1) is 0 Å². The Morgan fingerprint density at radius 2 is 1.81 bits per heavy atom. The highest BCUT2D eigenvalue weighted by atomic mass is 19.1. The van der Waals surface area contributed by atoms with Gasteiger partial charge >= 0.3 is 0 Å². The Labute approximate surface area is 93.0 Å². The molecule has 0 saturated heterocycles. The fourth-order valence-electron chi connectivity index (χ4n) is 1.53. The van der Waals surface area contributed by atoms with Crippen LogP contribution in [0.2, 0.25) is 0 Å². The molecule has 0 amide bonds. The SMILES string of the molecule is Cc1cc(-c2ccc(F)cc2)cc(C#N)n1. The molecule has 1 aromatic carbocycles. The lowest BCUT2D eigenvalue weighted by Gasteiger charge is -2.03. The van der Waals surface area contributed by atoms with Crippen molar-refractivity contribution < 1.29 is 4.39 Å². The van der Waals surface area contributed by atoms with E-state index in [9.17, 15) is 4.39 Å². The number of rotatable bonds is 1. The van der Waals surface area contributed by atoms with E-state index in [-0.39, 0.29) is 5.82 Å². The highest BCUT2D eigenvalue weighted by molar-refractivity contribution is 5.64. The van der Waals surface area contributed by atoms with E-state index in [1.807, 2.05) is 19.1 Å². The molecule has 0 radical (unpaired) electrons. The Kier molecular flexibility index (Phi) is 2.65. The fourth-order valence-corrected chi connectivity index (χ4v) is 1.53. The van der Waals surface area contributed by atoms with E-state index in [2.05, 4.69) is 4.98 Å². The molecule has 1 heterocycles. The maximum atomic E-state index is 12.8. The second kappa shape index (κ2) is 4.11. The van der Waals surface area contributed by atoms with Gasteiger partial charge in [0.2, 0.25) is 0 Å². The monoisotopic (exact) mass is 212 g/mol. The Bertz CT molecular complexity index is 553. The van der Waals surface area contributed by atoms with Gasteiger partial charge in [0.05, 0.1) is 0 Å². The van der Waals surface area contributed by atoms with Crippen molar-refractivity contribution in [2.24, 2.45) is 0 Å². The molecule has 0 saturated carbocycles. The largest absolute Gasteiger partial charge is 0.242 e. The number of aryl methyl sites for hydroxylation is 1. The van der Waals surface area contributed by atoms with Crippen molar-refractivity contribution in [1.29, 1.82) is 5.26 Å². The second-order valence-electron chi connectivity index (χ2n) is 3.50. The second-order valence-corrected chi connectivity index (χ2v) is 3.50. The molecule has 2 aromatic rings. The molecule has 3 heteroatoms. The maximum Gasteiger partial charge on any atom is 0.141 e. The quantitative estimate of drug-likeness (QED) is 0.728. The van der Waals surface area contributed by atoms with Crippen LogP contribution < -0.4 is 0 Å².